The molecule has 0 aromatic heterocycles. The van der Waals surface area contributed by atoms with Crippen molar-refractivity contribution < 1.29 is 0 Å². The zero-order valence-electron chi connectivity index (χ0n) is 21.6. The fourth-order valence-corrected chi connectivity index (χ4v) is 6.74. The minimum Gasteiger partial charge on any atom is -0.316 e. The van der Waals surface area contributed by atoms with Gasteiger partial charge in [0.25, 0.3) is 0 Å². The minimum atomic E-state index is 0.357. The molecule has 1 aromatic rings. The molecule has 0 amide bonds. The minimum absolute atomic E-state index is 0.357. The maximum absolute atomic E-state index is 3.91. The Morgan fingerprint density at radius 2 is 1.90 bits per heavy atom. The van der Waals surface area contributed by atoms with Gasteiger partial charge in [0.15, 0.2) is 0 Å². The number of rotatable bonds is 9. The van der Waals surface area contributed by atoms with Crippen molar-refractivity contribution in [2.75, 3.05) is 13.1 Å². The van der Waals surface area contributed by atoms with E-state index in [1.54, 1.807) is 11.1 Å². The van der Waals surface area contributed by atoms with E-state index in [-0.39, 0.29) is 0 Å². The molecule has 0 saturated heterocycles. The molecule has 1 saturated carbocycles. The molecule has 1 N–H and O–H groups in total. The Balaban J connectivity index is 1.61. The third kappa shape index (κ3) is 5.65. The zero-order chi connectivity index (χ0) is 22.6. The van der Waals surface area contributed by atoms with Gasteiger partial charge < -0.3 is 5.32 Å². The van der Waals surface area contributed by atoms with Gasteiger partial charge in [0.05, 0.1) is 0 Å². The number of hydrogen-bond donors (Lipinski definition) is 1. The van der Waals surface area contributed by atoms with E-state index >= 15 is 0 Å². The van der Waals surface area contributed by atoms with Crippen LogP contribution in [-0.2, 0) is 11.8 Å². The molecule has 2 aliphatic rings. The van der Waals surface area contributed by atoms with Crippen molar-refractivity contribution in [3.8, 4) is 0 Å². The van der Waals surface area contributed by atoms with Crippen molar-refractivity contribution >= 4 is 0 Å². The predicted molar refractivity (Wildman–Crippen MR) is 137 cm³/mol. The smallest absolute Gasteiger partial charge is 0.000814 e. The normalized spacial score (nSPS) is 28.7. The van der Waals surface area contributed by atoms with Gasteiger partial charge in [0, 0.05) is 6.54 Å². The van der Waals surface area contributed by atoms with E-state index in [1.165, 1.54) is 75.6 Å². The van der Waals surface area contributed by atoms with Crippen molar-refractivity contribution in [1.82, 2.24) is 5.32 Å². The van der Waals surface area contributed by atoms with Crippen LogP contribution in [0.3, 0.4) is 0 Å². The molecule has 0 bridgehead atoms. The van der Waals surface area contributed by atoms with E-state index in [2.05, 4.69) is 78.1 Å². The van der Waals surface area contributed by atoms with E-state index in [9.17, 15) is 0 Å². The predicted octanol–water partition coefficient (Wildman–Crippen LogP) is 8.18. The van der Waals surface area contributed by atoms with Gasteiger partial charge in [-0.25, -0.2) is 0 Å². The summed E-state index contributed by atoms with van der Waals surface area (Å²) >= 11 is 0. The second-order valence-corrected chi connectivity index (χ2v) is 12.0. The average molecular weight is 424 g/mol. The van der Waals surface area contributed by atoms with Crippen LogP contribution in [0.2, 0.25) is 0 Å². The van der Waals surface area contributed by atoms with Gasteiger partial charge in [-0.05, 0) is 111 Å². The topological polar surface area (TPSA) is 12.0 Å². The summed E-state index contributed by atoms with van der Waals surface area (Å²) < 4.78 is 0. The first-order chi connectivity index (χ1) is 14.7. The Hall–Kier alpha value is -1.08. The highest BCUT2D eigenvalue weighted by atomic mass is 14.9. The highest BCUT2D eigenvalue weighted by molar-refractivity contribution is 5.42. The number of nitrogens with one attached hydrogen (secondary N) is 1. The van der Waals surface area contributed by atoms with Crippen molar-refractivity contribution in [3.63, 3.8) is 0 Å². The largest absolute Gasteiger partial charge is 0.316 e. The number of fused-ring (bicyclic) bond motifs is 3. The molecule has 174 valence electrons. The number of hydrogen-bond acceptors (Lipinski definition) is 1. The maximum Gasteiger partial charge on any atom is 0.000814 e. The zero-order valence-corrected chi connectivity index (χ0v) is 21.6. The Morgan fingerprint density at radius 1 is 1.13 bits per heavy atom. The third-order valence-corrected chi connectivity index (χ3v) is 8.72. The molecule has 0 aliphatic heterocycles. The van der Waals surface area contributed by atoms with Crippen molar-refractivity contribution in [2.24, 2.45) is 17.3 Å². The van der Waals surface area contributed by atoms with Crippen molar-refractivity contribution in [1.29, 1.82) is 0 Å². The Labute approximate surface area is 193 Å². The van der Waals surface area contributed by atoms with Crippen LogP contribution in [-0.4, -0.2) is 13.1 Å². The fourth-order valence-electron chi connectivity index (χ4n) is 6.74. The Bertz CT molecular complexity index is 756. The first-order valence-electron chi connectivity index (χ1n) is 13.1. The van der Waals surface area contributed by atoms with E-state index in [0.717, 1.165) is 11.8 Å². The van der Waals surface area contributed by atoms with Crippen molar-refractivity contribution in [2.45, 2.75) is 111 Å². The molecule has 31 heavy (non-hydrogen) atoms. The number of aryl methyl sites for hydroxylation is 1. The summed E-state index contributed by atoms with van der Waals surface area (Å²) in [7, 11) is 0. The lowest BCUT2D eigenvalue weighted by Gasteiger charge is -2.56. The molecule has 0 heterocycles. The molecular weight excluding hydrogens is 374 g/mol. The van der Waals surface area contributed by atoms with Crippen LogP contribution in [0.4, 0.5) is 0 Å². The Kier molecular flexibility index (Phi) is 8.11. The average Bonchev–Trinajstić information content (AvgIpc) is 2.70. The standard InChI is InChI=1S/C30H49N/c1-22(2)10-8-11-24(5)16-19-31-21-29(6)17-9-18-30(7)27-14-12-25(23(3)4)20-26(27)13-15-28(29)30/h10,12,14,20,23-24,28,31H,8-9,11,13,15-19,21H2,1-7H3/t24-,28-,29-,30-/m0/s1. The quantitative estimate of drug-likeness (QED) is 0.312. The second-order valence-electron chi connectivity index (χ2n) is 12.0. The molecule has 1 aromatic carbocycles. The summed E-state index contributed by atoms with van der Waals surface area (Å²) in [5.41, 5.74) is 7.06. The van der Waals surface area contributed by atoms with E-state index in [1.807, 2.05) is 0 Å². The van der Waals surface area contributed by atoms with Gasteiger partial charge in [-0.1, -0.05) is 70.9 Å². The van der Waals surface area contributed by atoms with E-state index in [4.69, 9.17) is 0 Å². The maximum atomic E-state index is 3.91. The molecule has 4 atom stereocenters. The molecular formula is C30H49N. The van der Waals surface area contributed by atoms with Gasteiger partial charge in [-0.2, -0.15) is 0 Å². The van der Waals surface area contributed by atoms with Gasteiger partial charge in [0.2, 0.25) is 0 Å². The van der Waals surface area contributed by atoms with Gasteiger partial charge in [-0.3, -0.25) is 0 Å². The molecule has 0 unspecified atom stereocenters. The monoisotopic (exact) mass is 423 g/mol. The van der Waals surface area contributed by atoms with Crippen LogP contribution < -0.4 is 5.32 Å². The van der Waals surface area contributed by atoms with Crippen LogP contribution in [0.25, 0.3) is 0 Å². The summed E-state index contributed by atoms with van der Waals surface area (Å²) in [6.07, 6.45) is 13.0. The van der Waals surface area contributed by atoms with Gasteiger partial charge in [-0.15, -0.1) is 0 Å². The third-order valence-electron chi connectivity index (χ3n) is 8.72. The van der Waals surface area contributed by atoms with Crippen LogP contribution in [0.15, 0.2) is 29.8 Å². The van der Waals surface area contributed by atoms with Crippen LogP contribution >= 0.6 is 0 Å². The van der Waals surface area contributed by atoms with Crippen molar-refractivity contribution in [3.05, 3.63) is 46.5 Å². The van der Waals surface area contributed by atoms with Crippen LogP contribution in [0.5, 0.6) is 0 Å². The van der Waals surface area contributed by atoms with Crippen LogP contribution in [0.1, 0.15) is 116 Å². The lowest BCUT2D eigenvalue weighted by Crippen LogP contribution is -2.52. The molecule has 0 spiro atoms. The highest BCUT2D eigenvalue weighted by Crippen LogP contribution is 2.57. The number of benzene rings is 1. The summed E-state index contributed by atoms with van der Waals surface area (Å²) in [5.74, 6) is 2.24. The SMILES string of the molecule is CC(C)=CCC[C@H](C)CCNC[C@]1(C)CCC[C@@]2(C)c3ccc(C(C)C)cc3CC[C@@H]12. The lowest BCUT2D eigenvalue weighted by atomic mass is 9.49. The summed E-state index contributed by atoms with van der Waals surface area (Å²) in [5, 5.41) is 3.91. The number of allylic oxidation sites excluding steroid dienone is 2. The molecule has 1 heteroatoms. The van der Waals surface area contributed by atoms with Crippen LogP contribution in [0, 0.1) is 17.3 Å². The first kappa shape index (κ1) is 24.6. The van der Waals surface area contributed by atoms with E-state index < -0.39 is 0 Å². The van der Waals surface area contributed by atoms with Gasteiger partial charge >= 0.3 is 0 Å². The molecule has 0 radical (unpaired) electrons. The molecule has 1 fully saturated rings. The fraction of sp³-hybridized carbons (Fsp3) is 0.733. The summed E-state index contributed by atoms with van der Waals surface area (Å²) in [6.45, 7) is 19.0. The molecule has 1 nitrogen and oxygen atoms in total. The molecule has 2 aliphatic carbocycles. The highest BCUT2D eigenvalue weighted by Gasteiger charge is 2.51. The lowest BCUT2D eigenvalue weighted by molar-refractivity contribution is 0.0258. The second kappa shape index (κ2) is 10.2. The Morgan fingerprint density at radius 3 is 2.61 bits per heavy atom. The first-order valence-corrected chi connectivity index (χ1v) is 13.1. The molecule has 3 rings (SSSR count). The van der Waals surface area contributed by atoms with E-state index in [0.29, 0.717) is 16.7 Å². The summed E-state index contributed by atoms with van der Waals surface area (Å²) in [4.78, 5) is 0. The summed E-state index contributed by atoms with van der Waals surface area (Å²) in [6, 6.07) is 7.45. The van der Waals surface area contributed by atoms with Gasteiger partial charge in [0.1, 0.15) is 0 Å².